The van der Waals surface area contributed by atoms with Crippen molar-refractivity contribution in [1.29, 1.82) is 0 Å². The molecule has 0 saturated carbocycles. The lowest BCUT2D eigenvalue weighted by molar-refractivity contribution is 0.0972. The Hall–Kier alpha value is -1.29. The number of rotatable bonds is 3. The lowest BCUT2D eigenvalue weighted by atomic mass is 9.86. The molecule has 0 radical (unpaired) electrons. The monoisotopic (exact) mass is 291 g/mol. The predicted octanol–water partition coefficient (Wildman–Crippen LogP) is 3.93. The molecule has 0 aromatic heterocycles. The Bertz CT molecular complexity index is 538. The highest BCUT2D eigenvalue weighted by Gasteiger charge is 2.22. The highest BCUT2D eigenvalue weighted by atomic mass is 32.2. The second kappa shape index (κ2) is 6.44. The van der Waals surface area contributed by atoms with Gasteiger partial charge in [-0.2, -0.15) is 0 Å². The molecular formula is C16H21NO2S. The van der Waals surface area contributed by atoms with Gasteiger partial charge in [0.2, 0.25) is 0 Å². The van der Waals surface area contributed by atoms with Crippen LogP contribution in [0.4, 0.5) is 4.79 Å². The smallest absolute Gasteiger partial charge is 0.285 e. The van der Waals surface area contributed by atoms with Gasteiger partial charge in [-0.1, -0.05) is 13.3 Å². The van der Waals surface area contributed by atoms with Crippen LogP contribution in [0.1, 0.15) is 47.7 Å². The summed E-state index contributed by atoms with van der Waals surface area (Å²) in [6, 6.07) is 3.85. The number of thioether (sulfide) groups is 1. The van der Waals surface area contributed by atoms with Crippen molar-refractivity contribution in [3.63, 3.8) is 0 Å². The van der Waals surface area contributed by atoms with Crippen LogP contribution >= 0.6 is 11.8 Å². The Morgan fingerprint density at radius 3 is 2.70 bits per heavy atom. The van der Waals surface area contributed by atoms with E-state index in [-0.39, 0.29) is 11.0 Å². The van der Waals surface area contributed by atoms with Crippen LogP contribution in [-0.2, 0) is 12.8 Å². The van der Waals surface area contributed by atoms with Gasteiger partial charge >= 0.3 is 0 Å². The number of amides is 1. The van der Waals surface area contributed by atoms with E-state index in [9.17, 15) is 9.59 Å². The van der Waals surface area contributed by atoms with Crippen LogP contribution in [0.15, 0.2) is 17.0 Å². The Morgan fingerprint density at radius 1 is 1.30 bits per heavy atom. The van der Waals surface area contributed by atoms with Crippen LogP contribution in [0.25, 0.3) is 0 Å². The maximum atomic E-state index is 12.0. The summed E-state index contributed by atoms with van der Waals surface area (Å²) in [5.74, 6) is 0.249. The summed E-state index contributed by atoms with van der Waals surface area (Å²) in [6.07, 6.45) is 4.49. The third-order valence-electron chi connectivity index (χ3n) is 3.58. The van der Waals surface area contributed by atoms with Crippen molar-refractivity contribution in [2.45, 2.75) is 43.9 Å². The van der Waals surface area contributed by atoms with Gasteiger partial charge < -0.3 is 4.90 Å². The van der Waals surface area contributed by atoms with E-state index >= 15 is 0 Å². The van der Waals surface area contributed by atoms with Gasteiger partial charge in [-0.3, -0.25) is 9.59 Å². The summed E-state index contributed by atoms with van der Waals surface area (Å²) in [5, 5.41) is 0.0319. The van der Waals surface area contributed by atoms with Gasteiger partial charge in [0.25, 0.3) is 5.24 Å². The first kappa shape index (κ1) is 15.1. The van der Waals surface area contributed by atoms with Crippen LogP contribution in [-0.4, -0.2) is 30.0 Å². The number of hydrogen-bond donors (Lipinski definition) is 0. The highest BCUT2D eigenvalue weighted by molar-refractivity contribution is 8.13. The molecule has 108 valence electrons. The molecule has 1 aromatic carbocycles. The van der Waals surface area contributed by atoms with Crippen molar-refractivity contribution in [3.05, 3.63) is 28.8 Å². The van der Waals surface area contributed by atoms with E-state index in [0.29, 0.717) is 6.42 Å². The van der Waals surface area contributed by atoms with E-state index < -0.39 is 0 Å². The number of nitrogens with zero attached hydrogens (tertiary/aromatic N) is 1. The molecule has 0 unspecified atom stereocenters. The topological polar surface area (TPSA) is 37.4 Å². The third-order valence-corrected chi connectivity index (χ3v) is 4.72. The zero-order valence-corrected chi connectivity index (χ0v) is 13.2. The summed E-state index contributed by atoms with van der Waals surface area (Å²) in [7, 11) is 3.52. The average molecular weight is 291 g/mol. The minimum atomic E-state index is 0.0319. The molecule has 1 aromatic rings. The number of benzene rings is 1. The molecule has 0 N–H and O–H groups in total. The van der Waals surface area contributed by atoms with E-state index in [4.69, 9.17) is 0 Å². The molecule has 0 atom stereocenters. The number of hydrogen-bond acceptors (Lipinski definition) is 3. The van der Waals surface area contributed by atoms with Crippen LogP contribution in [0.2, 0.25) is 0 Å². The molecule has 2 rings (SSSR count). The molecule has 1 amide bonds. The third kappa shape index (κ3) is 3.06. The van der Waals surface area contributed by atoms with Crippen LogP contribution in [0.5, 0.6) is 0 Å². The van der Waals surface area contributed by atoms with Gasteiger partial charge in [0.05, 0.1) is 0 Å². The molecule has 0 spiro atoms. The molecule has 0 bridgehead atoms. The van der Waals surface area contributed by atoms with E-state index in [1.165, 1.54) is 22.9 Å². The van der Waals surface area contributed by atoms with Gasteiger partial charge in [0.1, 0.15) is 0 Å². The Labute approximate surface area is 124 Å². The second-order valence-corrected chi connectivity index (χ2v) is 6.35. The molecule has 0 fully saturated rings. The zero-order chi connectivity index (χ0) is 14.7. The minimum absolute atomic E-state index is 0.0319. The Morgan fingerprint density at radius 2 is 2.05 bits per heavy atom. The van der Waals surface area contributed by atoms with E-state index in [1.54, 1.807) is 19.0 Å². The lowest BCUT2D eigenvalue weighted by Crippen LogP contribution is -2.17. The number of ketones is 1. The highest BCUT2D eigenvalue weighted by Crippen LogP contribution is 2.33. The van der Waals surface area contributed by atoms with Gasteiger partial charge in [-0.15, -0.1) is 0 Å². The van der Waals surface area contributed by atoms with Crippen molar-refractivity contribution in [1.82, 2.24) is 4.90 Å². The van der Waals surface area contributed by atoms with Gasteiger partial charge in [0, 0.05) is 31.0 Å². The molecular weight excluding hydrogens is 270 g/mol. The summed E-state index contributed by atoms with van der Waals surface area (Å²) < 4.78 is 0. The first-order valence-electron chi connectivity index (χ1n) is 7.11. The van der Waals surface area contributed by atoms with Crippen LogP contribution in [0, 0.1) is 0 Å². The van der Waals surface area contributed by atoms with E-state index in [0.717, 1.165) is 36.1 Å². The maximum Gasteiger partial charge on any atom is 0.285 e. The van der Waals surface area contributed by atoms with E-state index in [1.807, 2.05) is 12.1 Å². The number of carbonyl (C=O) groups is 2. The summed E-state index contributed by atoms with van der Waals surface area (Å²) in [6.45, 7) is 2.13. The molecule has 0 saturated heterocycles. The normalized spacial score (nSPS) is 14.1. The fourth-order valence-electron chi connectivity index (χ4n) is 2.58. The first-order valence-corrected chi connectivity index (χ1v) is 7.93. The Balaban J connectivity index is 2.42. The average Bonchev–Trinajstić information content (AvgIpc) is 2.41. The lowest BCUT2D eigenvalue weighted by Gasteiger charge is -2.21. The first-order chi connectivity index (χ1) is 9.54. The van der Waals surface area contributed by atoms with Crippen molar-refractivity contribution in [2.75, 3.05) is 14.1 Å². The predicted molar refractivity (Wildman–Crippen MR) is 82.6 cm³/mol. The van der Waals surface area contributed by atoms with Crippen LogP contribution in [0.3, 0.4) is 0 Å². The molecule has 3 nitrogen and oxygen atoms in total. The summed E-state index contributed by atoms with van der Waals surface area (Å²) >= 11 is 1.27. The maximum absolute atomic E-state index is 12.0. The molecule has 1 aliphatic carbocycles. The van der Waals surface area contributed by atoms with Crippen molar-refractivity contribution in [3.8, 4) is 0 Å². The fraction of sp³-hybridized carbons (Fsp3) is 0.500. The molecule has 0 aliphatic heterocycles. The van der Waals surface area contributed by atoms with Crippen molar-refractivity contribution < 1.29 is 9.59 Å². The van der Waals surface area contributed by atoms with E-state index in [2.05, 4.69) is 6.92 Å². The summed E-state index contributed by atoms with van der Waals surface area (Å²) in [5.41, 5.74) is 3.26. The van der Waals surface area contributed by atoms with Gasteiger partial charge in [-0.05, 0) is 54.3 Å². The Kier molecular flexibility index (Phi) is 4.86. The van der Waals surface area contributed by atoms with Gasteiger partial charge in [0.15, 0.2) is 5.78 Å². The summed E-state index contributed by atoms with van der Waals surface area (Å²) in [4.78, 5) is 26.5. The zero-order valence-electron chi connectivity index (χ0n) is 12.4. The van der Waals surface area contributed by atoms with Crippen molar-refractivity contribution >= 4 is 22.8 Å². The molecule has 0 heterocycles. The molecule has 20 heavy (non-hydrogen) atoms. The molecule has 1 aliphatic rings. The SMILES string of the molecule is CCCc1c(SC(=O)N(C)C)ccc2c1CCCC2=O. The largest absolute Gasteiger partial charge is 0.339 e. The van der Waals surface area contributed by atoms with Crippen molar-refractivity contribution in [2.24, 2.45) is 0 Å². The van der Waals surface area contributed by atoms with Crippen LogP contribution < -0.4 is 0 Å². The number of Topliss-reactive ketones (excluding diaryl/α,β-unsaturated/α-hetero) is 1. The standard InChI is InChI=1S/C16H21NO2S/c1-4-6-13-11-7-5-8-14(18)12(11)9-10-15(13)20-16(19)17(2)3/h9-10H,4-8H2,1-3H3. The van der Waals surface area contributed by atoms with Gasteiger partial charge in [-0.25, -0.2) is 0 Å². The minimum Gasteiger partial charge on any atom is -0.339 e. The number of carbonyl (C=O) groups excluding carboxylic acids is 2. The molecule has 4 heteroatoms. The second-order valence-electron chi connectivity index (χ2n) is 5.36. The quantitative estimate of drug-likeness (QED) is 0.792. The fourth-order valence-corrected chi connectivity index (χ4v) is 3.44. The number of fused-ring (bicyclic) bond motifs is 1.